The molecule has 0 saturated carbocycles. The molecule has 0 heterocycles. The summed E-state index contributed by atoms with van der Waals surface area (Å²) in [4.78, 5) is 22.6. The number of hydrogen-bond acceptors (Lipinski definition) is 4. The van der Waals surface area contributed by atoms with Crippen LogP contribution in [-0.4, -0.2) is 11.9 Å². The van der Waals surface area contributed by atoms with Gasteiger partial charge in [0.2, 0.25) is 0 Å². The molecule has 0 bridgehead atoms. The molecular weight excluding hydrogens is 292 g/mol. The summed E-state index contributed by atoms with van der Waals surface area (Å²) in [5, 5.41) is 0. The Morgan fingerprint density at radius 3 is 2.22 bits per heavy atom. The van der Waals surface area contributed by atoms with Crippen LogP contribution in [0.3, 0.4) is 0 Å². The van der Waals surface area contributed by atoms with Gasteiger partial charge in [-0.3, -0.25) is 9.59 Å². The molecule has 2 aromatic rings. The minimum absolute atomic E-state index is 0.379. The summed E-state index contributed by atoms with van der Waals surface area (Å²) in [6.45, 7) is 2.68. The number of esters is 2. The molecule has 1 atom stereocenters. The van der Waals surface area contributed by atoms with Crippen molar-refractivity contribution < 1.29 is 19.1 Å². The zero-order chi connectivity index (χ0) is 16.7. The first-order valence-electron chi connectivity index (χ1n) is 7.24. The summed E-state index contributed by atoms with van der Waals surface area (Å²) in [6, 6.07) is 16.7. The van der Waals surface area contributed by atoms with Crippen molar-refractivity contribution in [2.45, 2.75) is 20.0 Å². The normalized spacial score (nSPS) is 11.9. The first kappa shape index (κ1) is 16.5. The molecule has 4 nitrogen and oxygen atoms in total. The number of hydrogen-bond donors (Lipinski definition) is 0. The van der Waals surface area contributed by atoms with Gasteiger partial charge in [0.05, 0.1) is 0 Å². The third-order valence-electron chi connectivity index (χ3n) is 3.04. The lowest BCUT2D eigenvalue weighted by molar-refractivity contribution is -0.144. The zero-order valence-electron chi connectivity index (χ0n) is 13.1. The fraction of sp³-hybridized carbons (Fsp3) is 0.158. The van der Waals surface area contributed by atoms with E-state index in [1.807, 2.05) is 36.4 Å². The van der Waals surface area contributed by atoms with Gasteiger partial charge in [-0.25, -0.2) is 0 Å². The first-order chi connectivity index (χ1) is 11.1. The molecule has 1 unspecified atom stereocenters. The van der Waals surface area contributed by atoms with Gasteiger partial charge in [-0.1, -0.05) is 54.6 Å². The number of carbonyl (C=O) groups is 2. The Bertz CT molecular complexity index is 704. The summed E-state index contributed by atoms with van der Waals surface area (Å²) >= 11 is 0. The van der Waals surface area contributed by atoms with E-state index < -0.39 is 18.0 Å². The van der Waals surface area contributed by atoms with Gasteiger partial charge < -0.3 is 9.47 Å². The molecule has 0 aromatic heterocycles. The Morgan fingerprint density at radius 2 is 1.57 bits per heavy atom. The quantitative estimate of drug-likeness (QED) is 0.620. The molecular formula is C19H18O4. The van der Waals surface area contributed by atoms with E-state index in [-0.39, 0.29) is 0 Å². The fourth-order valence-corrected chi connectivity index (χ4v) is 2.11. The second-order valence-corrected chi connectivity index (χ2v) is 4.93. The van der Waals surface area contributed by atoms with Gasteiger partial charge >= 0.3 is 11.9 Å². The molecule has 0 aliphatic rings. The Hall–Kier alpha value is -2.88. The molecule has 0 N–H and O–H groups in total. The van der Waals surface area contributed by atoms with Gasteiger partial charge in [0.15, 0.2) is 0 Å². The monoisotopic (exact) mass is 310 g/mol. The third kappa shape index (κ3) is 5.11. The van der Waals surface area contributed by atoms with Crippen molar-refractivity contribution in [3.05, 3.63) is 71.8 Å². The zero-order valence-corrected chi connectivity index (χ0v) is 13.1. The highest BCUT2D eigenvalue weighted by molar-refractivity contribution is 5.70. The summed E-state index contributed by atoms with van der Waals surface area (Å²) < 4.78 is 10.6. The van der Waals surface area contributed by atoms with Gasteiger partial charge in [-0.2, -0.15) is 0 Å². The van der Waals surface area contributed by atoms with E-state index in [9.17, 15) is 9.59 Å². The van der Waals surface area contributed by atoms with Crippen molar-refractivity contribution in [1.82, 2.24) is 0 Å². The minimum atomic E-state index is -0.636. The van der Waals surface area contributed by atoms with Crippen LogP contribution in [0.25, 0.3) is 6.08 Å². The smallest absolute Gasteiger partial charge is 0.308 e. The predicted octanol–water partition coefficient (Wildman–Crippen LogP) is 3.93. The highest BCUT2D eigenvalue weighted by Gasteiger charge is 2.17. The molecule has 0 aliphatic heterocycles. The molecule has 2 rings (SSSR count). The van der Waals surface area contributed by atoms with Crippen LogP contribution in [0.1, 0.15) is 31.1 Å². The molecule has 23 heavy (non-hydrogen) atoms. The van der Waals surface area contributed by atoms with E-state index in [1.54, 1.807) is 30.3 Å². The first-order valence-corrected chi connectivity index (χ1v) is 7.24. The Balaban J connectivity index is 2.33. The van der Waals surface area contributed by atoms with E-state index >= 15 is 0 Å². The average molecular weight is 310 g/mol. The molecule has 0 saturated heterocycles. The molecule has 0 spiro atoms. The van der Waals surface area contributed by atoms with Crippen LogP contribution >= 0.6 is 0 Å². The minimum Gasteiger partial charge on any atom is -0.453 e. The largest absolute Gasteiger partial charge is 0.453 e. The van der Waals surface area contributed by atoms with Crippen LogP contribution in [0.2, 0.25) is 0 Å². The summed E-state index contributed by atoms with van der Waals surface area (Å²) in [5.74, 6) is -0.458. The van der Waals surface area contributed by atoms with E-state index in [2.05, 4.69) is 0 Å². The van der Waals surface area contributed by atoms with Crippen molar-refractivity contribution in [1.29, 1.82) is 0 Å². The summed E-state index contributed by atoms with van der Waals surface area (Å²) in [5.41, 5.74) is 1.60. The van der Waals surface area contributed by atoms with Crippen LogP contribution in [0.5, 0.6) is 5.75 Å². The molecule has 0 radical (unpaired) electrons. The Kier molecular flexibility index (Phi) is 5.69. The molecule has 118 valence electrons. The van der Waals surface area contributed by atoms with Crippen molar-refractivity contribution in [2.75, 3.05) is 0 Å². The highest BCUT2D eigenvalue weighted by atomic mass is 16.6. The fourth-order valence-electron chi connectivity index (χ4n) is 2.11. The van der Waals surface area contributed by atoms with E-state index in [1.165, 1.54) is 13.8 Å². The van der Waals surface area contributed by atoms with Gasteiger partial charge in [0.25, 0.3) is 0 Å². The van der Waals surface area contributed by atoms with Crippen molar-refractivity contribution in [3.8, 4) is 5.75 Å². The van der Waals surface area contributed by atoms with Crippen molar-refractivity contribution in [2.24, 2.45) is 0 Å². The maximum absolute atomic E-state index is 11.4. The number of rotatable bonds is 5. The van der Waals surface area contributed by atoms with Gasteiger partial charge in [0.1, 0.15) is 11.9 Å². The number of benzene rings is 2. The number of para-hydroxylation sites is 1. The molecule has 0 fully saturated rings. The van der Waals surface area contributed by atoms with Crippen LogP contribution < -0.4 is 4.74 Å². The predicted molar refractivity (Wildman–Crippen MR) is 87.7 cm³/mol. The highest BCUT2D eigenvalue weighted by Crippen LogP contribution is 2.29. The van der Waals surface area contributed by atoms with Gasteiger partial charge in [-0.05, 0) is 17.7 Å². The summed E-state index contributed by atoms with van der Waals surface area (Å²) in [7, 11) is 0. The SMILES string of the molecule is CC(=O)Oc1ccccc1C(C=Cc1ccccc1)OC(C)=O. The van der Waals surface area contributed by atoms with Crippen LogP contribution in [-0.2, 0) is 14.3 Å². The third-order valence-corrected chi connectivity index (χ3v) is 3.04. The molecule has 0 aliphatic carbocycles. The summed E-state index contributed by atoms with van der Waals surface area (Å²) in [6.07, 6.45) is 2.99. The molecule has 4 heteroatoms. The van der Waals surface area contributed by atoms with Crippen LogP contribution in [0, 0.1) is 0 Å². The van der Waals surface area contributed by atoms with E-state index in [4.69, 9.17) is 9.47 Å². The molecule has 0 amide bonds. The van der Waals surface area contributed by atoms with Gasteiger partial charge in [-0.15, -0.1) is 0 Å². The van der Waals surface area contributed by atoms with Crippen molar-refractivity contribution in [3.63, 3.8) is 0 Å². The molecule has 2 aromatic carbocycles. The Morgan fingerprint density at radius 1 is 0.913 bits per heavy atom. The average Bonchev–Trinajstić information content (AvgIpc) is 2.52. The topological polar surface area (TPSA) is 52.6 Å². The Labute approximate surface area is 135 Å². The lowest BCUT2D eigenvalue weighted by Gasteiger charge is -2.16. The van der Waals surface area contributed by atoms with Crippen LogP contribution in [0.15, 0.2) is 60.7 Å². The number of carbonyl (C=O) groups excluding carboxylic acids is 2. The lowest BCUT2D eigenvalue weighted by atomic mass is 10.1. The lowest BCUT2D eigenvalue weighted by Crippen LogP contribution is -2.10. The second kappa shape index (κ2) is 7.94. The maximum atomic E-state index is 11.4. The number of ether oxygens (including phenoxy) is 2. The van der Waals surface area contributed by atoms with Crippen LogP contribution in [0.4, 0.5) is 0 Å². The van der Waals surface area contributed by atoms with Crippen molar-refractivity contribution >= 4 is 18.0 Å². The second-order valence-electron chi connectivity index (χ2n) is 4.93. The van der Waals surface area contributed by atoms with E-state index in [0.717, 1.165) is 5.56 Å². The maximum Gasteiger partial charge on any atom is 0.308 e. The van der Waals surface area contributed by atoms with E-state index in [0.29, 0.717) is 11.3 Å². The standard InChI is InChI=1S/C19H18O4/c1-14(20)22-18-11-7-6-10-17(18)19(23-15(2)21)13-12-16-8-4-3-5-9-16/h3-13,19H,1-2H3. The van der Waals surface area contributed by atoms with Gasteiger partial charge in [0, 0.05) is 19.4 Å².